The predicted octanol–water partition coefficient (Wildman–Crippen LogP) is 4.31. The number of nitrogens with one attached hydrogen (secondary N) is 3. The number of rotatable bonds is 12. The Kier molecular flexibility index (Phi) is 11.3. The number of nitrogens with zero attached hydrogens (tertiary/aromatic N) is 2. The van der Waals surface area contributed by atoms with Gasteiger partial charge in [0.2, 0.25) is 0 Å². The number of alkyl carbamates (subject to hydrolysis) is 1. The zero-order chi connectivity index (χ0) is 36.9. The van der Waals surface area contributed by atoms with Crippen LogP contribution in [0.4, 0.5) is 4.79 Å². The second kappa shape index (κ2) is 15.5. The molecule has 4 atom stereocenters. The van der Waals surface area contributed by atoms with Crippen LogP contribution in [0.15, 0.2) is 83.4 Å². The molecule has 4 aromatic rings. The summed E-state index contributed by atoms with van der Waals surface area (Å²) in [6, 6.07) is 22.4. The third kappa shape index (κ3) is 8.83. The lowest BCUT2D eigenvalue weighted by molar-refractivity contribution is -0.147. The first-order valence-corrected chi connectivity index (χ1v) is 16.9. The summed E-state index contributed by atoms with van der Waals surface area (Å²) in [5.74, 6) is -0.588. The highest BCUT2D eigenvalue weighted by atomic mass is 16.5. The summed E-state index contributed by atoms with van der Waals surface area (Å²) < 4.78 is 10.1. The molecule has 5 rings (SSSR count). The standard InChI is InChI=1S/C39H47N5O7/c1-24-32(25(2)51-43-24)28-18-16-27(17-19-28)22-44(42-35(46)34(38(3,4)5)41-37(48)50-6)23-39(49,21-26-12-8-7-9-13-26)36(47)40-33-30-15-11-10-14-29(30)20-31(33)45/h7-19,31,33-34,45,49H,20-23H2,1-6H3,(H,40,47)(H,41,48)(H,42,46)/t31-,33+,34-,39+/m1/s1. The fourth-order valence-electron chi connectivity index (χ4n) is 6.58. The number of aryl methyl sites for hydroxylation is 2. The molecule has 0 aliphatic heterocycles. The van der Waals surface area contributed by atoms with Gasteiger partial charge in [0.05, 0.1) is 31.5 Å². The molecule has 1 heterocycles. The topological polar surface area (TPSA) is 166 Å². The second-order valence-corrected chi connectivity index (χ2v) is 14.3. The van der Waals surface area contributed by atoms with E-state index in [0.29, 0.717) is 17.7 Å². The van der Waals surface area contributed by atoms with Crippen LogP contribution in [0.3, 0.4) is 0 Å². The number of fused-ring (bicyclic) bond motifs is 1. The number of carbonyl (C=O) groups excluding carboxylic acids is 3. The van der Waals surface area contributed by atoms with Gasteiger partial charge in [-0.25, -0.2) is 9.80 Å². The Labute approximate surface area is 298 Å². The molecule has 3 aromatic carbocycles. The monoisotopic (exact) mass is 697 g/mol. The summed E-state index contributed by atoms with van der Waals surface area (Å²) in [4.78, 5) is 40.5. The largest absolute Gasteiger partial charge is 0.453 e. The van der Waals surface area contributed by atoms with E-state index in [1.165, 1.54) is 12.1 Å². The number of ether oxygens (including phenoxy) is 1. The lowest BCUT2D eigenvalue weighted by atomic mass is 9.86. The summed E-state index contributed by atoms with van der Waals surface area (Å²) in [6.45, 7) is 8.86. The SMILES string of the molecule is COC(=O)N[C@H](C(=O)NN(Cc1ccc(-c2c(C)noc2C)cc1)C[C@@](O)(Cc1ccccc1)C(=O)N[C@H]1c2ccccc2C[C@H]1O)C(C)(C)C. The van der Waals surface area contributed by atoms with Crippen LogP contribution >= 0.6 is 0 Å². The number of amides is 3. The van der Waals surface area contributed by atoms with Gasteiger partial charge < -0.3 is 30.1 Å². The van der Waals surface area contributed by atoms with E-state index in [-0.39, 0.29) is 19.5 Å². The summed E-state index contributed by atoms with van der Waals surface area (Å²) in [5, 5.41) is 34.4. The summed E-state index contributed by atoms with van der Waals surface area (Å²) in [6.07, 6.45) is -1.38. The fourth-order valence-corrected chi connectivity index (χ4v) is 6.58. The van der Waals surface area contributed by atoms with E-state index in [2.05, 4.69) is 21.2 Å². The highest BCUT2D eigenvalue weighted by Gasteiger charge is 2.43. The van der Waals surface area contributed by atoms with Crippen molar-refractivity contribution < 1.29 is 33.9 Å². The Balaban J connectivity index is 1.49. The Morgan fingerprint density at radius 2 is 1.65 bits per heavy atom. The van der Waals surface area contributed by atoms with Crippen LogP contribution in [-0.4, -0.2) is 69.7 Å². The van der Waals surface area contributed by atoms with Crippen LogP contribution in [-0.2, 0) is 33.7 Å². The third-order valence-corrected chi connectivity index (χ3v) is 9.20. The van der Waals surface area contributed by atoms with E-state index in [1.807, 2.05) is 92.7 Å². The minimum absolute atomic E-state index is 0.0853. The Bertz CT molecular complexity index is 1820. The summed E-state index contributed by atoms with van der Waals surface area (Å²) in [7, 11) is 1.22. The lowest BCUT2D eigenvalue weighted by Gasteiger charge is -2.37. The summed E-state index contributed by atoms with van der Waals surface area (Å²) in [5.41, 5.74) is 5.77. The maximum Gasteiger partial charge on any atom is 0.407 e. The number of aromatic nitrogens is 1. The van der Waals surface area contributed by atoms with Crippen LogP contribution in [0, 0.1) is 19.3 Å². The number of aliphatic hydroxyl groups excluding tert-OH is 1. The molecule has 1 aromatic heterocycles. The molecule has 51 heavy (non-hydrogen) atoms. The van der Waals surface area contributed by atoms with Gasteiger partial charge in [0.15, 0.2) is 5.60 Å². The Morgan fingerprint density at radius 1 is 0.980 bits per heavy atom. The zero-order valence-corrected chi connectivity index (χ0v) is 29.9. The summed E-state index contributed by atoms with van der Waals surface area (Å²) >= 11 is 0. The van der Waals surface area contributed by atoms with Gasteiger partial charge in [0.25, 0.3) is 11.8 Å². The van der Waals surface area contributed by atoms with Crippen molar-refractivity contribution in [2.75, 3.05) is 13.7 Å². The molecule has 1 aliphatic rings. The van der Waals surface area contributed by atoms with Crippen molar-refractivity contribution in [3.63, 3.8) is 0 Å². The number of hydrogen-bond acceptors (Lipinski definition) is 9. The predicted molar refractivity (Wildman–Crippen MR) is 191 cm³/mol. The van der Waals surface area contributed by atoms with E-state index in [4.69, 9.17) is 9.26 Å². The van der Waals surface area contributed by atoms with Crippen molar-refractivity contribution in [1.29, 1.82) is 0 Å². The molecule has 270 valence electrons. The highest BCUT2D eigenvalue weighted by molar-refractivity contribution is 5.87. The van der Waals surface area contributed by atoms with E-state index in [1.54, 1.807) is 20.8 Å². The van der Waals surface area contributed by atoms with Crippen molar-refractivity contribution >= 4 is 17.9 Å². The average molecular weight is 698 g/mol. The first kappa shape index (κ1) is 37.2. The van der Waals surface area contributed by atoms with Gasteiger partial charge in [-0.2, -0.15) is 0 Å². The minimum atomic E-state index is -2.09. The number of hydrazine groups is 1. The van der Waals surface area contributed by atoms with Crippen LogP contribution < -0.4 is 16.1 Å². The highest BCUT2D eigenvalue weighted by Crippen LogP contribution is 2.32. The Morgan fingerprint density at radius 3 is 2.27 bits per heavy atom. The van der Waals surface area contributed by atoms with Crippen molar-refractivity contribution in [2.24, 2.45) is 5.41 Å². The van der Waals surface area contributed by atoms with Crippen molar-refractivity contribution in [2.45, 2.75) is 77.8 Å². The van der Waals surface area contributed by atoms with Gasteiger partial charge in [-0.3, -0.25) is 15.0 Å². The molecule has 5 N–H and O–H groups in total. The molecule has 0 spiro atoms. The molecular weight excluding hydrogens is 650 g/mol. The molecule has 1 aliphatic carbocycles. The van der Waals surface area contributed by atoms with Gasteiger partial charge in [-0.05, 0) is 47.1 Å². The van der Waals surface area contributed by atoms with Gasteiger partial charge in [0, 0.05) is 24.9 Å². The maximum absolute atomic E-state index is 14.3. The lowest BCUT2D eigenvalue weighted by Crippen LogP contribution is -2.62. The average Bonchev–Trinajstić information content (AvgIpc) is 3.59. The van der Waals surface area contributed by atoms with E-state index >= 15 is 0 Å². The van der Waals surface area contributed by atoms with Gasteiger partial charge in [-0.15, -0.1) is 0 Å². The van der Waals surface area contributed by atoms with E-state index in [9.17, 15) is 24.6 Å². The van der Waals surface area contributed by atoms with Gasteiger partial charge >= 0.3 is 6.09 Å². The second-order valence-electron chi connectivity index (χ2n) is 14.3. The van der Waals surface area contributed by atoms with Crippen molar-refractivity contribution in [3.05, 3.63) is 113 Å². The van der Waals surface area contributed by atoms with Gasteiger partial charge in [0.1, 0.15) is 11.8 Å². The molecule has 0 radical (unpaired) electrons. The molecule has 0 fully saturated rings. The molecule has 0 saturated heterocycles. The van der Waals surface area contributed by atoms with Crippen LogP contribution in [0.1, 0.15) is 60.5 Å². The molecule has 0 saturated carbocycles. The zero-order valence-electron chi connectivity index (χ0n) is 29.9. The minimum Gasteiger partial charge on any atom is -0.453 e. The Hall–Kier alpha value is -5.04. The normalized spacial score (nSPS) is 17.3. The molecular formula is C39H47N5O7. The number of aliphatic hydroxyl groups is 2. The number of methoxy groups -OCH3 is 1. The first-order valence-electron chi connectivity index (χ1n) is 16.9. The quantitative estimate of drug-likeness (QED) is 0.136. The number of benzene rings is 3. The molecule has 0 bridgehead atoms. The van der Waals surface area contributed by atoms with Crippen molar-refractivity contribution in [1.82, 2.24) is 26.2 Å². The van der Waals surface area contributed by atoms with Crippen molar-refractivity contribution in [3.8, 4) is 11.1 Å². The number of carbonyl (C=O) groups is 3. The number of hydrogen-bond donors (Lipinski definition) is 5. The van der Waals surface area contributed by atoms with E-state index < -0.39 is 47.1 Å². The molecule has 3 amide bonds. The van der Waals surface area contributed by atoms with Crippen LogP contribution in [0.5, 0.6) is 0 Å². The molecule has 0 unspecified atom stereocenters. The molecule has 12 nitrogen and oxygen atoms in total. The third-order valence-electron chi connectivity index (χ3n) is 9.20. The van der Waals surface area contributed by atoms with E-state index in [0.717, 1.165) is 33.5 Å². The van der Waals surface area contributed by atoms with Crippen LogP contribution in [0.25, 0.3) is 11.1 Å². The fraction of sp³-hybridized carbons (Fsp3) is 0.385. The van der Waals surface area contributed by atoms with Gasteiger partial charge in [-0.1, -0.05) is 105 Å². The van der Waals surface area contributed by atoms with Crippen LogP contribution in [0.2, 0.25) is 0 Å². The molecule has 12 heteroatoms. The maximum atomic E-state index is 14.3. The first-order chi connectivity index (χ1) is 24.2. The smallest absolute Gasteiger partial charge is 0.407 e.